The molecule has 0 unspecified atom stereocenters. The molecule has 10 heteroatoms. The molecule has 40 heavy (non-hydrogen) atoms. The summed E-state index contributed by atoms with van der Waals surface area (Å²) in [6.07, 6.45) is 8.44. The highest BCUT2D eigenvalue weighted by Crippen LogP contribution is 2.21. The van der Waals surface area contributed by atoms with Crippen LogP contribution in [0.2, 0.25) is 0 Å². The Morgan fingerprint density at radius 3 is 2.65 bits per heavy atom. The zero-order chi connectivity index (χ0) is 27.8. The van der Waals surface area contributed by atoms with E-state index in [1.807, 2.05) is 49.6 Å². The minimum atomic E-state index is -0.635. The smallest absolute Gasteiger partial charge is 0.267 e. The predicted octanol–water partition coefficient (Wildman–Crippen LogP) is 3.36. The van der Waals surface area contributed by atoms with Crippen LogP contribution in [0, 0.1) is 18.8 Å². The molecule has 1 N–H and O–H groups in total. The summed E-state index contributed by atoms with van der Waals surface area (Å²) in [6.45, 7) is 3.56. The van der Waals surface area contributed by atoms with Gasteiger partial charge in [-0.25, -0.2) is 15.0 Å². The number of aryl methyl sites for hydroxylation is 2. The maximum absolute atomic E-state index is 14.1. The third-order valence-electron chi connectivity index (χ3n) is 6.58. The fourth-order valence-corrected chi connectivity index (χ4v) is 4.67. The molecule has 2 aromatic carbocycles. The van der Waals surface area contributed by atoms with Gasteiger partial charge in [0.2, 0.25) is 0 Å². The average molecular weight is 529 g/mol. The van der Waals surface area contributed by atoms with Gasteiger partial charge in [0.1, 0.15) is 17.7 Å². The third kappa shape index (κ3) is 4.39. The van der Waals surface area contributed by atoms with Gasteiger partial charge < -0.3 is 5.32 Å². The van der Waals surface area contributed by atoms with Gasteiger partial charge in [0.25, 0.3) is 11.5 Å². The highest BCUT2D eigenvalue weighted by Gasteiger charge is 2.23. The maximum atomic E-state index is 14.1. The first kappa shape index (κ1) is 24.8. The zero-order valence-electron chi connectivity index (χ0n) is 22.0. The van der Waals surface area contributed by atoms with E-state index in [0.29, 0.717) is 44.9 Å². The molecular weight excluding hydrogens is 504 g/mol. The molecule has 0 aliphatic heterocycles. The van der Waals surface area contributed by atoms with Gasteiger partial charge in [0, 0.05) is 31.2 Å². The summed E-state index contributed by atoms with van der Waals surface area (Å²) in [7, 11) is 1.82. The number of benzene rings is 2. The number of hydrogen-bond donors (Lipinski definition) is 1. The maximum Gasteiger partial charge on any atom is 0.267 e. The Balaban J connectivity index is 1.48. The molecule has 4 aromatic heterocycles. The van der Waals surface area contributed by atoms with Gasteiger partial charge in [0.15, 0.2) is 5.65 Å². The van der Waals surface area contributed by atoms with E-state index < -0.39 is 6.04 Å². The molecule has 0 aliphatic carbocycles. The highest BCUT2D eigenvalue weighted by molar-refractivity contribution is 6.01. The number of imidazole rings is 1. The van der Waals surface area contributed by atoms with Crippen molar-refractivity contribution in [2.75, 3.05) is 0 Å². The van der Waals surface area contributed by atoms with Crippen LogP contribution in [0.5, 0.6) is 0 Å². The van der Waals surface area contributed by atoms with Gasteiger partial charge in [-0.1, -0.05) is 36.1 Å². The van der Waals surface area contributed by atoms with Crippen molar-refractivity contribution in [1.82, 2.24) is 39.0 Å². The molecule has 1 amide bonds. The van der Waals surface area contributed by atoms with Crippen LogP contribution >= 0.6 is 0 Å². The van der Waals surface area contributed by atoms with Crippen LogP contribution in [0.3, 0.4) is 0 Å². The van der Waals surface area contributed by atoms with E-state index >= 15 is 0 Å². The van der Waals surface area contributed by atoms with Crippen LogP contribution in [0.25, 0.3) is 22.2 Å². The number of rotatable bonds is 4. The zero-order valence-corrected chi connectivity index (χ0v) is 22.0. The first-order chi connectivity index (χ1) is 19.4. The Bertz CT molecular complexity index is 2030. The second kappa shape index (κ2) is 9.96. The van der Waals surface area contributed by atoms with Gasteiger partial charge in [-0.3, -0.25) is 23.2 Å². The SMILES string of the molecule is Cc1ncn2ccnc2c1C(=O)N[C@@H](C)c1nc2cccc(C#Cc3cnn(C)c3)c2c(=O)n1-c1ccccc1. The molecule has 0 fully saturated rings. The molecule has 10 nitrogen and oxygen atoms in total. The molecule has 1 atom stereocenters. The van der Waals surface area contributed by atoms with E-state index in [2.05, 4.69) is 32.2 Å². The minimum Gasteiger partial charge on any atom is -0.342 e. The fourth-order valence-electron chi connectivity index (χ4n) is 4.67. The van der Waals surface area contributed by atoms with E-state index in [1.165, 1.54) is 4.57 Å². The van der Waals surface area contributed by atoms with Gasteiger partial charge in [-0.15, -0.1) is 0 Å². The van der Waals surface area contributed by atoms with Gasteiger partial charge >= 0.3 is 0 Å². The number of fused-ring (bicyclic) bond motifs is 2. The lowest BCUT2D eigenvalue weighted by Gasteiger charge is -2.20. The predicted molar refractivity (Wildman–Crippen MR) is 150 cm³/mol. The molecular formula is C30H24N8O2. The summed E-state index contributed by atoms with van der Waals surface area (Å²) in [5.74, 6) is 6.22. The van der Waals surface area contributed by atoms with Crippen LogP contribution in [-0.4, -0.2) is 39.6 Å². The van der Waals surface area contributed by atoms with Crippen molar-refractivity contribution in [3.05, 3.63) is 118 Å². The fraction of sp³-hybridized carbons (Fsp3) is 0.133. The number of carbonyl (C=O) groups excluding carboxylic acids is 1. The molecule has 0 saturated carbocycles. The number of para-hydroxylation sites is 1. The van der Waals surface area contributed by atoms with Crippen LogP contribution in [0.1, 0.15) is 46.0 Å². The van der Waals surface area contributed by atoms with Crippen LogP contribution in [-0.2, 0) is 7.05 Å². The lowest BCUT2D eigenvalue weighted by atomic mass is 10.1. The van der Waals surface area contributed by atoms with Crippen molar-refractivity contribution in [3.8, 4) is 17.5 Å². The number of amides is 1. The molecule has 0 saturated heterocycles. The van der Waals surface area contributed by atoms with Gasteiger partial charge in [-0.2, -0.15) is 5.10 Å². The molecule has 0 radical (unpaired) electrons. The van der Waals surface area contributed by atoms with E-state index in [9.17, 15) is 9.59 Å². The molecule has 0 aliphatic rings. The van der Waals surface area contributed by atoms with Crippen LogP contribution in [0.15, 0.2) is 84.4 Å². The molecule has 6 aromatic rings. The number of nitrogens with one attached hydrogen (secondary N) is 1. The Morgan fingerprint density at radius 2 is 1.88 bits per heavy atom. The Hall–Kier alpha value is -5.56. The first-order valence-corrected chi connectivity index (χ1v) is 12.6. The van der Waals surface area contributed by atoms with Crippen molar-refractivity contribution >= 4 is 22.5 Å². The number of nitrogens with zero attached hydrogens (tertiary/aromatic N) is 7. The highest BCUT2D eigenvalue weighted by atomic mass is 16.2. The van der Waals surface area contributed by atoms with Crippen molar-refractivity contribution in [2.45, 2.75) is 19.9 Å². The summed E-state index contributed by atoms with van der Waals surface area (Å²) in [6, 6.07) is 14.0. The van der Waals surface area contributed by atoms with Crippen LogP contribution < -0.4 is 10.9 Å². The monoisotopic (exact) mass is 528 g/mol. The first-order valence-electron chi connectivity index (χ1n) is 12.6. The Kier molecular flexibility index (Phi) is 6.16. The molecule has 0 spiro atoms. The Morgan fingerprint density at radius 1 is 1.05 bits per heavy atom. The number of carbonyl (C=O) groups is 1. The lowest BCUT2D eigenvalue weighted by Crippen LogP contribution is -2.34. The van der Waals surface area contributed by atoms with Crippen molar-refractivity contribution in [1.29, 1.82) is 0 Å². The third-order valence-corrected chi connectivity index (χ3v) is 6.58. The molecule has 0 bridgehead atoms. The number of hydrogen-bond acceptors (Lipinski definition) is 6. The second-order valence-corrected chi connectivity index (χ2v) is 9.36. The van der Waals surface area contributed by atoms with Crippen molar-refractivity contribution < 1.29 is 4.79 Å². The van der Waals surface area contributed by atoms with Crippen LogP contribution in [0.4, 0.5) is 0 Å². The van der Waals surface area contributed by atoms with Crippen molar-refractivity contribution in [2.24, 2.45) is 7.05 Å². The topological polar surface area (TPSA) is 112 Å². The summed E-state index contributed by atoms with van der Waals surface area (Å²) < 4.78 is 4.89. The van der Waals surface area contributed by atoms with Gasteiger partial charge in [-0.05, 0) is 38.1 Å². The summed E-state index contributed by atoms with van der Waals surface area (Å²) >= 11 is 0. The minimum absolute atomic E-state index is 0.281. The lowest BCUT2D eigenvalue weighted by molar-refractivity contribution is 0.0938. The summed E-state index contributed by atoms with van der Waals surface area (Å²) in [4.78, 5) is 41.2. The largest absolute Gasteiger partial charge is 0.342 e. The van der Waals surface area contributed by atoms with E-state index in [-0.39, 0.29) is 11.5 Å². The standard InChI is InChI=1S/C30H24N8O2/c1-19-25(28-31-14-15-37(28)18-32-19)29(39)34-20(2)27-35-24-11-7-8-22(13-12-21-16-33-36(3)17-21)26(24)30(40)38(27)23-9-5-4-6-10-23/h4-11,14-18,20H,1-3H3,(H,34,39)/t20-/m0/s1. The van der Waals surface area contributed by atoms with E-state index in [0.717, 1.165) is 5.56 Å². The number of aromatic nitrogens is 7. The summed E-state index contributed by atoms with van der Waals surface area (Å²) in [5, 5.41) is 7.56. The Labute approximate surface area is 229 Å². The van der Waals surface area contributed by atoms with Crippen molar-refractivity contribution in [3.63, 3.8) is 0 Å². The van der Waals surface area contributed by atoms with Gasteiger partial charge in [0.05, 0.1) is 40.1 Å². The van der Waals surface area contributed by atoms with E-state index in [1.54, 1.807) is 60.0 Å². The summed E-state index contributed by atoms with van der Waals surface area (Å²) in [5.41, 5.74) is 3.53. The average Bonchev–Trinajstić information content (AvgIpc) is 3.60. The quantitative estimate of drug-likeness (QED) is 0.351. The molecule has 196 valence electrons. The normalized spacial score (nSPS) is 11.8. The second-order valence-electron chi connectivity index (χ2n) is 9.36. The van der Waals surface area contributed by atoms with E-state index in [4.69, 9.17) is 4.98 Å². The molecule has 6 rings (SSSR count). The molecule has 4 heterocycles.